The number of halogens is 3. The summed E-state index contributed by atoms with van der Waals surface area (Å²) in [5, 5.41) is 1.74. The van der Waals surface area contributed by atoms with Gasteiger partial charge in [-0.15, -0.1) is 0 Å². The van der Waals surface area contributed by atoms with Gasteiger partial charge in [0.15, 0.2) is 11.0 Å². The summed E-state index contributed by atoms with van der Waals surface area (Å²) in [7, 11) is 0. The molecule has 174 valence electrons. The molecular formula is C26H16Cl2FN3O2S. The maximum Gasteiger partial charge on any atom is 0.283 e. The fourth-order valence-corrected chi connectivity index (χ4v) is 4.90. The van der Waals surface area contributed by atoms with Gasteiger partial charge in [0.25, 0.3) is 5.91 Å². The van der Waals surface area contributed by atoms with Crippen molar-refractivity contribution in [1.82, 2.24) is 4.98 Å². The smallest absolute Gasteiger partial charge is 0.283 e. The number of aliphatic imine (C=N–C) groups is 1. The lowest BCUT2D eigenvalue weighted by atomic mass is 10.1. The zero-order chi connectivity index (χ0) is 24.5. The van der Waals surface area contributed by atoms with Gasteiger partial charge in [0.05, 0.1) is 21.5 Å². The molecular weight excluding hydrogens is 508 g/mol. The van der Waals surface area contributed by atoms with Crippen molar-refractivity contribution in [1.29, 1.82) is 0 Å². The highest BCUT2D eigenvalue weighted by Crippen LogP contribution is 2.32. The van der Waals surface area contributed by atoms with E-state index in [0.29, 0.717) is 21.2 Å². The number of thioether (sulfide) groups is 1. The molecule has 4 aromatic rings. The number of H-pyrrole nitrogens is 1. The fraction of sp³-hybridized carbons (Fsp3) is 0.0385. The number of aromatic amines is 1. The maximum absolute atomic E-state index is 14.7. The molecule has 0 saturated heterocycles. The summed E-state index contributed by atoms with van der Waals surface area (Å²) in [6, 6.07) is 18.3. The molecule has 1 amide bonds. The lowest BCUT2D eigenvalue weighted by molar-refractivity contribution is -0.113. The van der Waals surface area contributed by atoms with Gasteiger partial charge in [-0.05, 0) is 42.0 Å². The van der Waals surface area contributed by atoms with E-state index in [1.807, 2.05) is 24.3 Å². The summed E-state index contributed by atoms with van der Waals surface area (Å²) < 4.78 is 14.7. The Morgan fingerprint density at radius 1 is 1.06 bits per heavy atom. The van der Waals surface area contributed by atoms with Gasteiger partial charge in [-0.1, -0.05) is 71.4 Å². The van der Waals surface area contributed by atoms with E-state index in [9.17, 15) is 14.0 Å². The summed E-state index contributed by atoms with van der Waals surface area (Å²) in [4.78, 5) is 35.0. The predicted molar refractivity (Wildman–Crippen MR) is 141 cm³/mol. The number of carbonyl (C=O) groups excluding carboxylic acids is 2. The normalized spacial score (nSPS) is 14.7. The first-order valence-corrected chi connectivity index (χ1v) is 12.2. The van der Waals surface area contributed by atoms with Crippen LogP contribution in [0.3, 0.4) is 0 Å². The van der Waals surface area contributed by atoms with Crippen LogP contribution in [0.5, 0.6) is 0 Å². The van der Waals surface area contributed by atoms with E-state index < -0.39 is 11.7 Å². The van der Waals surface area contributed by atoms with Crippen molar-refractivity contribution in [3.8, 4) is 0 Å². The van der Waals surface area contributed by atoms with Crippen LogP contribution >= 0.6 is 35.0 Å². The van der Waals surface area contributed by atoms with Crippen molar-refractivity contribution in [2.24, 2.45) is 4.99 Å². The molecule has 1 N–H and O–H groups in total. The number of fused-ring (bicyclic) bond motifs is 1. The Bertz CT molecular complexity index is 1550. The Balaban J connectivity index is 1.47. The molecule has 1 aliphatic heterocycles. The molecule has 0 atom stereocenters. The quantitative estimate of drug-likeness (QED) is 0.227. The molecule has 1 aliphatic rings. The van der Waals surface area contributed by atoms with Crippen molar-refractivity contribution >= 4 is 74.5 Å². The van der Waals surface area contributed by atoms with Crippen molar-refractivity contribution in [2.75, 3.05) is 10.7 Å². The molecule has 0 saturated carbocycles. The third-order valence-electron chi connectivity index (χ3n) is 5.39. The number of hydrogen-bond donors (Lipinski definition) is 1. The summed E-state index contributed by atoms with van der Waals surface area (Å²) in [5.74, 6) is -1.21. The zero-order valence-electron chi connectivity index (χ0n) is 18.0. The number of rotatable bonds is 5. The number of nitrogens with zero attached hydrogens (tertiary/aromatic N) is 2. The van der Waals surface area contributed by atoms with E-state index >= 15 is 0 Å². The lowest BCUT2D eigenvalue weighted by Crippen LogP contribution is -2.31. The van der Waals surface area contributed by atoms with E-state index in [-0.39, 0.29) is 28.1 Å². The molecule has 1 aromatic heterocycles. The van der Waals surface area contributed by atoms with Crippen LogP contribution in [-0.4, -0.2) is 27.6 Å². The van der Waals surface area contributed by atoms with Crippen LogP contribution in [0.4, 0.5) is 10.1 Å². The average Bonchev–Trinajstić information content (AvgIpc) is 3.42. The highest BCUT2D eigenvalue weighted by Gasteiger charge is 2.34. The van der Waals surface area contributed by atoms with E-state index in [4.69, 9.17) is 23.2 Å². The van der Waals surface area contributed by atoms with Gasteiger partial charge in [-0.3, -0.25) is 14.5 Å². The molecule has 35 heavy (non-hydrogen) atoms. The molecule has 0 bridgehead atoms. The van der Waals surface area contributed by atoms with Gasteiger partial charge in [0.2, 0.25) is 0 Å². The Labute approximate surface area is 214 Å². The summed E-state index contributed by atoms with van der Waals surface area (Å²) >= 11 is 13.2. The second-order valence-corrected chi connectivity index (χ2v) is 9.41. The van der Waals surface area contributed by atoms with E-state index in [2.05, 4.69) is 9.98 Å². The Hall–Kier alpha value is -3.39. The largest absolute Gasteiger partial charge is 0.360 e. The van der Waals surface area contributed by atoms with Gasteiger partial charge in [-0.25, -0.2) is 9.38 Å². The summed E-state index contributed by atoms with van der Waals surface area (Å²) in [6.45, 7) is 0. The third-order valence-corrected chi connectivity index (χ3v) is 7.07. The van der Waals surface area contributed by atoms with Crippen LogP contribution in [0.15, 0.2) is 83.6 Å². The fourth-order valence-electron chi connectivity index (χ4n) is 3.71. The number of Topliss-reactive ketones (excluding diaryl/α,β-unsaturated/α-hetero) is 1. The van der Waals surface area contributed by atoms with Crippen LogP contribution < -0.4 is 4.90 Å². The molecule has 0 fully saturated rings. The van der Waals surface area contributed by atoms with Crippen LogP contribution in [0.1, 0.15) is 15.9 Å². The van der Waals surface area contributed by atoms with E-state index in [0.717, 1.165) is 22.7 Å². The average molecular weight is 524 g/mol. The van der Waals surface area contributed by atoms with Gasteiger partial charge < -0.3 is 4.98 Å². The topological polar surface area (TPSA) is 65.5 Å². The molecule has 0 unspecified atom stereocenters. The van der Waals surface area contributed by atoms with Crippen LogP contribution in [0.2, 0.25) is 10.0 Å². The number of benzene rings is 3. The minimum absolute atomic E-state index is 0.0129. The van der Waals surface area contributed by atoms with Crippen molar-refractivity contribution in [3.05, 3.63) is 106 Å². The Morgan fingerprint density at radius 2 is 1.83 bits per heavy atom. The monoisotopic (exact) mass is 523 g/mol. The first-order chi connectivity index (χ1) is 16.9. The molecule has 5 nitrogen and oxygen atoms in total. The number of amidine groups is 1. The van der Waals surface area contributed by atoms with Crippen LogP contribution in [0.25, 0.3) is 17.0 Å². The summed E-state index contributed by atoms with van der Waals surface area (Å²) in [5.41, 5.74) is 2.16. The first kappa shape index (κ1) is 23.4. The van der Waals surface area contributed by atoms with Crippen molar-refractivity contribution < 1.29 is 14.0 Å². The molecule has 5 rings (SSSR count). The molecule has 0 radical (unpaired) electrons. The molecule has 2 heterocycles. The Morgan fingerprint density at radius 3 is 2.63 bits per heavy atom. The number of hydrogen-bond acceptors (Lipinski definition) is 4. The molecule has 0 spiro atoms. The molecule has 0 aliphatic carbocycles. The number of ketones is 1. The summed E-state index contributed by atoms with van der Waals surface area (Å²) in [6.07, 6.45) is 3.22. The molecule has 3 aromatic carbocycles. The van der Waals surface area contributed by atoms with E-state index in [1.165, 1.54) is 23.1 Å². The highest BCUT2D eigenvalue weighted by molar-refractivity contribution is 8.14. The van der Waals surface area contributed by atoms with Crippen LogP contribution in [-0.2, 0) is 4.79 Å². The number of anilines is 1. The van der Waals surface area contributed by atoms with Gasteiger partial charge in [0, 0.05) is 22.7 Å². The lowest BCUT2D eigenvalue weighted by Gasteiger charge is -2.18. The SMILES string of the molecule is O=C(CSC1=N/C(=C/c2ccc(Cl)c(Cl)c2)C(=O)N1c1ccccc1F)c1c[nH]c2ccccc12. The minimum Gasteiger partial charge on any atom is -0.360 e. The standard InChI is InChI=1S/C26H16Cl2FN3O2S/c27-18-10-9-15(11-19(18)28)12-22-25(34)32(23-8-4-2-6-20(23)29)26(31-22)35-14-24(33)17-13-30-21-7-3-1-5-16(17)21/h1-13,30H,14H2/b22-12+. The number of carbonyl (C=O) groups is 2. The van der Waals surface area contributed by atoms with Gasteiger partial charge >= 0.3 is 0 Å². The predicted octanol–water partition coefficient (Wildman–Crippen LogP) is 6.97. The number of amides is 1. The van der Waals surface area contributed by atoms with Crippen LogP contribution in [0, 0.1) is 5.82 Å². The van der Waals surface area contributed by atoms with Gasteiger partial charge in [-0.2, -0.15) is 0 Å². The highest BCUT2D eigenvalue weighted by atomic mass is 35.5. The van der Waals surface area contributed by atoms with Crippen molar-refractivity contribution in [3.63, 3.8) is 0 Å². The zero-order valence-corrected chi connectivity index (χ0v) is 20.3. The Kier molecular flexibility index (Phi) is 6.47. The minimum atomic E-state index is -0.576. The third kappa shape index (κ3) is 4.62. The number of para-hydroxylation sites is 2. The van der Waals surface area contributed by atoms with Gasteiger partial charge in [0.1, 0.15) is 11.5 Å². The van der Waals surface area contributed by atoms with Crippen molar-refractivity contribution in [2.45, 2.75) is 0 Å². The first-order valence-electron chi connectivity index (χ1n) is 10.5. The second-order valence-electron chi connectivity index (χ2n) is 7.65. The number of aromatic nitrogens is 1. The maximum atomic E-state index is 14.7. The number of nitrogens with one attached hydrogen (secondary N) is 1. The molecule has 9 heteroatoms. The van der Waals surface area contributed by atoms with E-state index in [1.54, 1.807) is 36.5 Å². The second kappa shape index (κ2) is 9.70.